The van der Waals surface area contributed by atoms with Crippen molar-refractivity contribution in [1.82, 2.24) is 10.2 Å². The quantitative estimate of drug-likeness (QED) is 0.944. The molecule has 3 rings (SSSR count). The van der Waals surface area contributed by atoms with Gasteiger partial charge in [0.05, 0.1) is 10.9 Å². The van der Waals surface area contributed by atoms with Crippen LogP contribution < -0.4 is 5.32 Å². The Morgan fingerprint density at radius 3 is 3.00 bits per heavy atom. The van der Waals surface area contributed by atoms with Crippen LogP contribution in [-0.4, -0.2) is 35.8 Å². The van der Waals surface area contributed by atoms with E-state index in [2.05, 4.69) is 12.2 Å². The molecule has 21 heavy (non-hydrogen) atoms. The third-order valence-electron chi connectivity index (χ3n) is 3.69. The number of hydrogen-bond donors (Lipinski definition) is 1. The molecule has 0 bridgehead atoms. The van der Waals surface area contributed by atoms with Gasteiger partial charge in [-0.15, -0.1) is 11.3 Å². The van der Waals surface area contributed by atoms with E-state index in [0.29, 0.717) is 17.8 Å². The van der Waals surface area contributed by atoms with Crippen LogP contribution in [0.5, 0.6) is 0 Å². The average Bonchev–Trinajstić information content (AvgIpc) is 3.03. The number of thiophene rings is 1. The van der Waals surface area contributed by atoms with Gasteiger partial charge in [0.2, 0.25) is 5.91 Å². The zero-order valence-electron chi connectivity index (χ0n) is 12.0. The molecule has 1 fully saturated rings. The molecule has 0 radical (unpaired) electrons. The van der Waals surface area contributed by atoms with Gasteiger partial charge in [-0.3, -0.25) is 9.59 Å². The highest BCUT2D eigenvalue weighted by molar-refractivity contribution is 7.20. The summed E-state index contributed by atoms with van der Waals surface area (Å²) in [7, 11) is 0. The molecule has 0 aliphatic carbocycles. The third-order valence-corrected chi connectivity index (χ3v) is 4.81. The Morgan fingerprint density at radius 2 is 2.24 bits per heavy atom. The monoisotopic (exact) mass is 302 g/mol. The summed E-state index contributed by atoms with van der Waals surface area (Å²) in [4.78, 5) is 26.7. The van der Waals surface area contributed by atoms with Crippen molar-refractivity contribution in [3.63, 3.8) is 0 Å². The van der Waals surface area contributed by atoms with Crippen molar-refractivity contribution >= 4 is 33.2 Å². The number of fused-ring (bicyclic) bond motifs is 1. The molecule has 1 atom stereocenters. The molecule has 1 unspecified atom stereocenters. The molecule has 4 nitrogen and oxygen atoms in total. The first kappa shape index (κ1) is 14.1. The smallest absolute Gasteiger partial charge is 0.261 e. The van der Waals surface area contributed by atoms with Crippen LogP contribution in [0.3, 0.4) is 0 Å². The van der Waals surface area contributed by atoms with E-state index >= 15 is 0 Å². The van der Waals surface area contributed by atoms with Crippen molar-refractivity contribution in [2.75, 3.05) is 13.1 Å². The summed E-state index contributed by atoms with van der Waals surface area (Å²) in [5.74, 6) is 0.0610. The normalized spacial score (nSPS) is 18.4. The molecule has 2 aromatic rings. The fourth-order valence-electron chi connectivity index (χ4n) is 2.71. The number of hydrogen-bond acceptors (Lipinski definition) is 3. The molecule has 1 N–H and O–H groups in total. The van der Waals surface area contributed by atoms with Crippen molar-refractivity contribution < 1.29 is 9.59 Å². The Morgan fingerprint density at radius 1 is 1.43 bits per heavy atom. The first-order valence-corrected chi connectivity index (χ1v) is 8.06. The number of rotatable bonds is 4. The van der Waals surface area contributed by atoms with Gasteiger partial charge in [-0.1, -0.05) is 25.1 Å². The van der Waals surface area contributed by atoms with E-state index < -0.39 is 0 Å². The number of amides is 2. The van der Waals surface area contributed by atoms with E-state index in [9.17, 15) is 9.59 Å². The highest BCUT2D eigenvalue weighted by atomic mass is 32.1. The molecule has 110 valence electrons. The minimum Gasteiger partial charge on any atom is -0.346 e. The fraction of sp³-hybridized carbons (Fsp3) is 0.375. The van der Waals surface area contributed by atoms with Crippen LogP contribution in [-0.2, 0) is 4.79 Å². The Kier molecular flexibility index (Phi) is 3.92. The molecule has 2 amide bonds. The van der Waals surface area contributed by atoms with Gasteiger partial charge in [-0.05, 0) is 23.9 Å². The Bertz CT molecular complexity index is 647. The molecular weight excluding hydrogens is 284 g/mol. The predicted octanol–water partition coefficient (Wildman–Crippen LogP) is 2.64. The van der Waals surface area contributed by atoms with Gasteiger partial charge in [-0.2, -0.15) is 0 Å². The summed E-state index contributed by atoms with van der Waals surface area (Å²) in [5.41, 5.74) is 0. The van der Waals surface area contributed by atoms with E-state index in [-0.39, 0.29) is 17.9 Å². The van der Waals surface area contributed by atoms with E-state index in [1.165, 1.54) is 11.3 Å². The summed E-state index contributed by atoms with van der Waals surface area (Å²) in [6.07, 6.45) is 1.36. The molecule has 5 heteroatoms. The summed E-state index contributed by atoms with van der Waals surface area (Å²) in [6.45, 7) is 3.45. The zero-order valence-corrected chi connectivity index (χ0v) is 12.8. The van der Waals surface area contributed by atoms with Crippen LogP contribution in [0.15, 0.2) is 30.3 Å². The van der Waals surface area contributed by atoms with Crippen LogP contribution in [0.2, 0.25) is 0 Å². The van der Waals surface area contributed by atoms with Crippen LogP contribution in [0.25, 0.3) is 10.1 Å². The molecule has 0 spiro atoms. The first-order chi connectivity index (χ1) is 10.2. The second-order valence-corrected chi connectivity index (χ2v) is 6.45. The van der Waals surface area contributed by atoms with Crippen molar-refractivity contribution in [3.8, 4) is 0 Å². The summed E-state index contributed by atoms with van der Waals surface area (Å²) >= 11 is 1.49. The maximum Gasteiger partial charge on any atom is 0.261 e. The highest BCUT2D eigenvalue weighted by Gasteiger charge is 2.30. The van der Waals surface area contributed by atoms with Crippen LogP contribution in [0.1, 0.15) is 29.4 Å². The molecule has 1 aromatic heterocycles. The topological polar surface area (TPSA) is 49.4 Å². The first-order valence-electron chi connectivity index (χ1n) is 7.24. The fourth-order valence-corrected chi connectivity index (χ4v) is 3.67. The zero-order chi connectivity index (χ0) is 14.8. The number of nitrogens with one attached hydrogen (secondary N) is 1. The summed E-state index contributed by atoms with van der Waals surface area (Å²) in [6, 6.07) is 9.80. The number of nitrogens with zero attached hydrogens (tertiary/aromatic N) is 1. The predicted molar refractivity (Wildman–Crippen MR) is 84.6 cm³/mol. The Balaban J connectivity index is 1.68. The van der Waals surface area contributed by atoms with Gasteiger partial charge >= 0.3 is 0 Å². The lowest BCUT2D eigenvalue weighted by Crippen LogP contribution is -2.36. The number of likely N-dealkylation sites (tertiary alicyclic amines) is 1. The standard InChI is InChI=1S/C16H18N2O2S/c1-2-7-18-10-12(9-15(18)19)17-16(20)14-8-11-5-3-4-6-13(11)21-14/h3-6,8,12H,2,7,9-10H2,1H3,(H,17,20). The number of carbonyl (C=O) groups is 2. The van der Waals surface area contributed by atoms with Crippen molar-refractivity contribution in [3.05, 3.63) is 35.2 Å². The second kappa shape index (κ2) is 5.85. The van der Waals surface area contributed by atoms with Crippen LogP contribution in [0.4, 0.5) is 0 Å². The second-order valence-electron chi connectivity index (χ2n) is 5.36. The van der Waals surface area contributed by atoms with Gasteiger partial charge in [0.15, 0.2) is 0 Å². The molecule has 1 aliphatic heterocycles. The average molecular weight is 302 g/mol. The SMILES string of the molecule is CCCN1CC(NC(=O)c2cc3ccccc3s2)CC1=O. The molecule has 1 aromatic carbocycles. The molecule has 1 saturated heterocycles. The third kappa shape index (κ3) is 2.93. The van der Waals surface area contributed by atoms with Gasteiger partial charge in [-0.25, -0.2) is 0 Å². The number of carbonyl (C=O) groups excluding carboxylic acids is 2. The van der Waals surface area contributed by atoms with Crippen molar-refractivity contribution in [2.24, 2.45) is 0 Å². The lowest BCUT2D eigenvalue weighted by molar-refractivity contribution is -0.127. The largest absolute Gasteiger partial charge is 0.346 e. The van der Waals surface area contributed by atoms with Crippen molar-refractivity contribution in [2.45, 2.75) is 25.8 Å². The molecular formula is C16H18N2O2S. The lowest BCUT2D eigenvalue weighted by Gasteiger charge is -2.15. The number of benzene rings is 1. The molecule has 1 aliphatic rings. The van der Waals surface area contributed by atoms with Crippen molar-refractivity contribution in [1.29, 1.82) is 0 Å². The van der Waals surface area contributed by atoms with Crippen LogP contribution in [0, 0.1) is 0 Å². The maximum absolute atomic E-state index is 12.3. The van der Waals surface area contributed by atoms with E-state index in [1.54, 1.807) is 0 Å². The Hall–Kier alpha value is -1.88. The summed E-state index contributed by atoms with van der Waals surface area (Å²) in [5, 5.41) is 4.07. The maximum atomic E-state index is 12.3. The molecule has 2 heterocycles. The summed E-state index contributed by atoms with van der Waals surface area (Å²) < 4.78 is 1.11. The Labute approximate surface area is 127 Å². The van der Waals surface area contributed by atoms with Gasteiger partial charge in [0.25, 0.3) is 5.91 Å². The van der Waals surface area contributed by atoms with E-state index in [4.69, 9.17) is 0 Å². The van der Waals surface area contributed by atoms with E-state index in [0.717, 1.165) is 23.1 Å². The molecule has 0 saturated carbocycles. The van der Waals surface area contributed by atoms with Gasteiger partial charge in [0, 0.05) is 24.2 Å². The lowest BCUT2D eigenvalue weighted by atomic mass is 10.2. The minimum absolute atomic E-state index is 0.0678. The van der Waals surface area contributed by atoms with E-state index in [1.807, 2.05) is 35.2 Å². The minimum atomic E-state index is -0.0765. The van der Waals surface area contributed by atoms with Gasteiger partial charge in [0.1, 0.15) is 0 Å². The van der Waals surface area contributed by atoms with Gasteiger partial charge < -0.3 is 10.2 Å². The van der Waals surface area contributed by atoms with Crippen LogP contribution >= 0.6 is 11.3 Å². The highest BCUT2D eigenvalue weighted by Crippen LogP contribution is 2.25.